The van der Waals surface area contributed by atoms with E-state index in [-0.39, 0.29) is 11.9 Å². The van der Waals surface area contributed by atoms with Crippen LogP contribution < -0.4 is 5.32 Å². The second kappa shape index (κ2) is 7.01. The van der Waals surface area contributed by atoms with Crippen molar-refractivity contribution in [1.82, 2.24) is 19.7 Å². The smallest absolute Gasteiger partial charge is 0.269 e. The number of nitrogens with zero attached hydrogens (tertiary/aromatic N) is 3. The number of amides is 1. The number of carbonyl (C=O) groups is 1. The maximum Gasteiger partial charge on any atom is 0.269 e. The molecular formula is C19H18N4OS2. The number of benzene rings is 1. The predicted molar refractivity (Wildman–Crippen MR) is 106 cm³/mol. The minimum atomic E-state index is -0.123. The second-order valence-corrected chi connectivity index (χ2v) is 7.78. The normalized spacial score (nSPS) is 12.4. The van der Waals surface area contributed by atoms with Crippen LogP contribution in [-0.4, -0.2) is 20.3 Å². The molecule has 132 valence electrons. The molecular weight excluding hydrogens is 364 g/mol. The summed E-state index contributed by atoms with van der Waals surface area (Å²) in [5, 5.41) is 7.66. The van der Waals surface area contributed by atoms with Gasteiger partial charge in [0.2, 0.25) is 0 Å². The number of aromatic nitrogens is 3. The van der Waals surface area contributed by atoms with E-state index in [0.29, 0.717) is 5.69 Å². The van der Waals surface area contributed by atoms with Gasteiger partial charge in [0.15, 0.2) is 4.96 Å². The van der Waals surface area contributed by atoms with Gasteiger partial charge in [-0.3, -0.25) is 9.20 Å². The lowest BCUT2D eigenvalue weighted by atomic mass is 10.1. The molecule has 0 aliphatic heterocycles. The van der Waals surface area contributed by atoms with E-state index < -0.39 is 0 Å². The van der Waals surface area contributed by atoms with Gasteiger partial charge < -0.3 is 5.32 Å². The van der Waals surface area contributed by atoms with E-state index in [0.717, 1.165) is 27.6 Å². The van der Waals surface area contributed by atoms with E-state index >= 15 is 0 Å². The summed E-state index contributed by atoms with van der Waals surface area (Å²) in [6.07, 6.45) is 4.69. The van der Waals surface area contributed by atoms with Gasteiger partial charge in [0, 0.05) is 28.7 Å². The molecule has 1 amide bonds. The van der Waals surface area contributed by atoms with Crippen molar-refractivity contribution in [3.8, 4) is 11.3 Å². The van der Waals surface area contributed by atoms with Crippen molar-refractivity contribution < 1.29 is 4.79 Å². The van der Waals surface area contributed by atoms with Gasteiger partial charge in [-0.05, 0) is 18.9 Å². The van der Waals surface area contributed by atoms with Crippen molar-refractivity contribution >= 4 is 33.5 Å². The fraction of sp³-hybridized carbons (Fsp3) is 0.211. The minimum Gasteiger partial charge on any atom is -0.342 e. The first-order valence-electron chi connectivity index (χ1n) is 8.42. The number of hydrogen-bond donors (Lipinski definition) is 1. The van der Waals surface area contributed by atoms with Crippen molar-refractivity contribution in [1.29, 1.82) is 0 Å². The quantitative estimate of drug-likeness (QED) is 0.550. The molecule has 1 atom stereocenters. The Morgan fingerprint density at radius 2 is 2.08 bits per heavy atom. The molecule has 0 fully saturated rings. The molecule has 0 saturated carbocycles. The van der Waals surface area contributed by atoms with Crippen molar-refractivity contribution in [2.45, 2.75) is 26.3 Å². The van der Waals surface area contributed by atoms with Crippen LogP contribution in [0, 0.1) is 0 Å². The maximum atomic E-state index is 12.7. The molecule has 0 spiro atoms. The lowest BCUT2D eigenvalue weighted by Crippen LogP contribution is -2.27. The van der Waals surface area contributed by atoms with Gasteiger partial charge in [0.05, 0.1) is 11.7 Å². The lowest BCUT2D eigenvalue weighted by molar-refractivity contribution is 0.0934. The van der Waals surface area contributed by atoms with Crippen LogP contribution in [0.4, 0.5) is 0 Å². The topological polar surface area (TPSA) is 59.3 Å². The molecule has 0 aliphatic rings. The van der Waals surface area contributed by atoms with Crippen molar-refractivity contribution in [3.63, 3.8) is 0 Å². The summed E-state index contributed by atoms with van der Waals surface area (Å²) in [4.78, 5) is 22.4. The van der Waals surface area contributed by atoms with Crippen LogP contribution in [0.15, 0.2) is 47.4 Å². The average Bonchev–Trinajstić information content (AvgIpc) is 3.38. The molecule has 1 N–H and O–H groups in total. The van der Waals surface area contributed by atoms with Crippen LogP contribution in [0.3, 0.4) is 0 Å². The third kappa shape index (κ3) is 3.15. The Bertz CT molecular complexity index is 1030. The third-order valence-corrected chi connectivity index (χ3v) is 6.07. The monoisotopic (exact) mass is 382 g/mol. The maximum absolute atomic E-state index is 12.7. The summed E-state index contributed by atoms with van der Waals surface area (Å²) < 4.78 is 1.86. The Labute approximate surface area is 159 Å². The van der Waals surface area contributed by atoms with Gasteiger partial charge in [0.25, 0.3) is 5.91 Å². The van der Waals surface area contributed by atoms with E-state index in [1.165, 1.54) is 28.2 Å². The summed E-state index contributed by atoms with van der Waals surface area (Å²) in [5.74, 6) is -0.121. The standard InChI is InChI=1S/C19H18N4OS2/c1-3-13-4-6-14(7-5-13)15-10-23-16(11-26-19(23)22-15)17(24)21-12(2)18-20-8-9-25-18/h4-12H,3H2,1-2H3,(H,21,24). The molecule has 1 unspecified atom stereocenters. The van der Waals surface area contributed by atoms with Crippen LogP contribution >= 0.6 is 22.7 Å². The SMILES string of the molecule is CCc1ccc(-c2cn3c(C(=O)NC(C)c4nccs4)csc3n2)cc1. The first-order valence-corrected chi connectivity index (χ1v) is 10.2. The number of aryl methyl sites for hydroxylation is 1. The molecule has 3 heterocycles. The van der Waals surface area contributed by atoms with Crippen LogP contribution in [0.2, 0.25) is 0 Å². The van der Waals surface area contributed by atoms with Gasteiger partial charge in [-0.2, -0.15) is 0 Å². The fourth-order valence-electron chi connectivity index (χ4n) is 2.78. The molecule has 3 aromatic heterocycles. The lowest BCUT2D eigenvalue weighted by Gasteiger charge is -2.10. The summed E-state index contributed by atoms with van der Waals surface area (Å²) in [6, 6.07) is 8.27. The van der Waals surface area contributed by atoms with Crippen LogP contribution in [0.5, 0.6) is 0 Å². The molecule has 0 bridgehead atoms. The molecule has 0 aliphatic carbocycles. The molecule has 1 aromatic carbocycles. The first kappa shape index (κ1) is 16.9. The van der Waals surface area contributed by atoms with Gasteiger partial charge in [-0.25, -0.2) is 9.97 Å². The van der Waals surface area contributed by atoms with Gasteiger partial charge in [-0.1, -0.05) is 31.2 Å². The number of imidazole rings is 1. The summed E-state index contributed by atoms with van der Waals surface area (Å²) >= 11 is 3.00. The van der Waals surface area contributed by atoms with Gasteiger partial charge in [0.1, 0.15) is 10.7 Å². The zero-order chi connectivity index (χ0) is 18.1. The zero-order valence-electron chi connectivity index (χ0n) is 14.5. The number of fused-ring (bicyclic) bond motifs is 1. The first-order chi connectivity index (χ1) is 12.7. The van der Waals surface area contributed by atoms with E-state index in [4.69, 9.17) is 0 Å². The second-order valence-electron chi connectivity index (χ2n) is 6.02. The summed E-state index contributed by atoms with van der Waals surface area (Å²) in [7, 11) is 0. The van der Waals surface area contributed by atoms with E-state index in [2.05, 4.69) is 46.5 Å². The predicted octanol–water partition coefficient (Wildman–Crippen LogP) is 4.57. The Morgan fingerprint density at radius 3 is 2.77 bits per heavy atom. The van der Waals surface area contributed by atoms with E-state index in [1.807, 2.05) is 28.3 Å². The zero-order valence-corrected chi connectivity index (χ0v) is 16.1. The van der Waals surface area contributed by atoms with Crippen LogP contribution in [0.25, 0.3) is 16.2 Å². The molecule has 26 heavy (non-hydrogen) atoms. The summed E-state index contributed by atoms with van der Waals surface area (Å²) in [6.45, 7) is 4.08. The van der Waals surface area contributed by atoms with Crippen LogP contribution in [0.1, 0.15) is 40.9 Å². The highest BCUT2D eigenvalue weighted by Gasteiger charge is 2.18. The van der Waals surface area contributed by atoms with E-state index in [9.17, 15) is 4.79 Å². The molecule has 4 rings (SSSR count). The van der Waals surface area contributed by atoms with Crippen molar-refractivity contribution in [3.05, 3.63) is 63.7 Å². The number of thiazole rings is 2. The number of rotatable bonds is 5. The Hall–Kier alpha value is -2.51. The third-order valence-electron chi connectivity index (χ3n) is 4.27. The Kier molecular flexibility index (Phi) is 4.57. The molecule has 0 saturated heterocycles. The number of hydrogen-bond acceptors (Lipinski definition) is 5. The molecule has 5 nitrogen and oxygen atoms in total. The fourth-order valence-corrected chi connectivity index (χ4v) is 4.28. The molecule has 7 heteroatoms. The Morgan fingerprint density at radius 1 is 1.27 bits per heavy atom. The van der Waals surface area contributed by atoms with E-state index in [1.54, 1.807) is 6.20 Å². The number of carbonyl (C=O) groups excluding carboxylic acids is 1. The van der Waals surface area contributed by atoms with Gasteiger partial charge >= 0.3 is 0 Å². The number of nitrogens with one attached hydrogen (secondary N) is 1. The van der Waals surface area contributed by atoms with Crippen LogP contribution in [-0.2, 0) is 6.42 Å². The summed E-state index contributed by atoms with van der Waals surface area (Å²) in [5.41, 5.74) is 3.82. The van der Waals surface area contributed by atoms with Crippen molar-refractivity contribution in [2.24, 2.45) is 0 Å². The highest BCUT2D eigenvalue weighted by atomic mass is 32.1. The average molecular weight is 383 g/mol. The highest BCUT2D eigenvalue weighted by Crippen LogP contribution is 2.25. The molecule has 4 aromatic rings. The molecule has 0 radical (unpaired) electrons. The van der Waals surface area contributed by atoms with Gasteiger partial charge in [-0.15, -0.1) is 22.7 Å². The minimum absolute atomic E-state index is 0.121. The Balaban J connectivity index is 1.60. The highest BCUT2D eigenvalue weighted by molar-refractivity contribution is 7.15. The van der Waals surface area contributed by atoms with Crippen molar-refractivity contribution in [2.75, 3.05) is 0 Å². The largest absolute Gasteiger partial charge is 0.342 e.